The van der Waals surface area contributed by atoms with Crippen molar-refractivity contribution in [3.05, 3.63) is 42.1 Å². The molecule has 1 saturated carbocycles. The lowest BCUT2D eigenvalue weighted by Gasteiger charge is -2.26. The smallest absolute Gasteiger partial charge is 0.291 e. The van der Waals surface area contributed by atoms with Crippen LogP contribution in [0.1, 0.15) is 36.2 Å². The summed E-state index contributed by atoms with van der Waals surface area (Å²) in [4.78, 5) is 27.0. The van der Waals surface area contributed by atoms with Gasteiger partial charge in [-0.1, -0.05) is 35.5 Å². The Kier molecular flexibility index (Phi) is 4.71. The predicted molar refractivity (Wildman–Crippen MR) is 94.9 cm³/mol. The van der Waals surface area contributed by atoms with E-state index >= 15 is 0 Å². The molecule has 0 spiro atoms. The third-order valence-corrected chi connectivity index (χ3v) is 4.97. The van der Waals surface area contributed by atoms with Crippen molar-refractivity contribution in [2.45, 2.75) is 31.7 Å². The molecule has 1 saturated heterocycles. The molecule has 2 fully saturated rings. The van der Waals surface area contributed by atoms with Crippen molar-refractivity contribution in [2.24, 2.45) is 5.92 Å². The molecule has 1 atom stereocenters. The molecule has 4 rings (SSSR count). The van der Waals surface area contributed by atoms with Crippen LogP contribution in [0.15, 0.2) is 40.9 Å². The minimum atomic E-state index is -0.486. The molecular formula is C19H22N4O3. The molecular weight excluding hydrogens is 332 g/mol. The lowest BCUT2D eigenvalue weighted by Crippen LogP contribution is -2.52. The second kappa shape index (κ2) is 7.29. The van der Waals surface area contributed by atoms with Gasteiger partial charge in [0.1, 0.15) is 0 Å². The Morgan fingerprint density at radius 2 is 1.85 bits per heavy atom. The second-order valence-corrected chi connectivity index (χ2v) is 6.91. The van der Waals surface area contributed by atoms with Gasteiger partial charge in [-0.25, -0.2) is 0 Å². The molecule has 26 heavy (non-hydrogen) atoms. The van der Waals surface area contributed by atoms with E-state index in [0.29, 0.717) is 11.7 Å². The van der Waals surface area contributed by atoms with Crippen molar-refractivity contribution >= 4 is 11.8 Å². The predicted octanol–water partition coefficient (Wildman–Crippen LogP) is 1.98. The average Bonchev–Trinajstić information content (AvgIpc) is 3.13. The number of aromatic nitrogens is 1. The summed E-state index contributed by atoms with van der Waals surface area (Å²) in [5.74, 6) is 0.284. The van der Waals surface area contributed by atoms with Crippen LogP contribution in [0, 0.1) is 5.92 Å². The van der Waals surface area contributed by atoms with Crippen molar-refractivity contribution in [2.75, 3.05) is 13.1 Å². The van der Waals surface area contributed by atoms with E-state index in [2.05, 4.69) is 20.9 Å². The van der Waals surface area contributed by atoms with Crippen LogP contribution in [-0.2, 0) is 4.79 Å². The molecule has 2 aliphatic rings. The third kappa shape index (κ3) is 3.62. The second-order valence-electron chi connectivity index (χ2n) is 6.91. The Morgan fingerprint density at radius 3 is 2.54 bits per heavy atom. The molecule has 1 aliphatic carbocycles. The number of hydrogen-bond donors (Lipinski definition) is 2. The summed E-state index contributed by atoms with van der Waals surface area (Å²) in [7, 11) is 0. The number of likely N-dealkylation sites (tertiary alicyclic amines) is 1. The molecule has 0 radical (unpaired) electrons. The molecule has 2 heterocycles. The first-order valence-corrected chi connectivity index (χ1v) is 9.09. The fraction of sp³-hybridized carbons (Fsp3) is 0.421. The summed E-state index contributed by atoms with van der Waals surface area (Å²) in [6, 6.07) is 10.8. The number of hydrogen-bond acceptors (Lipinski definition) is 5. The molecule has 7 heteroatoms. The van der Waals surface area contributed by atoms with Crippen LogP contribution in [0.3, 0.4) is 0 Å². The summed E-state index contributed by atoms with van der Waals surface area (Å²) in [5, 5.41) is 3.79. The van der Waals surface area contributed by atoms with E-state index in [0.717, 1.165) is 44.3 Å². The molecule has 136 valence electrons. The largest absolute Gasteiger partial charge is 0.355 e. The van der Waals surface area contributed by atoms with E-state index in [1.807, 2.05) is 30.3 Å². The number of benzene rings is 1. The summed E-state index contributed by atoms with van der Waals surface area (Å²) >= 11 is 0. The SMILES string of the molecule is O=C(NNC(=O)C(C1CC1)N1CCCC1)c1cc(-c2ccccc2)on1. The van der Waals surface area contributed by atoms with Crippen LogP contribution in [0.2, 0.25) is 0 Å². The molecule has 1 aromatic carbocycles. The highest BCUT2D eigenvalue weighted by Gasteiger charge is 2.41. The highest BCUT2D eigenvalue weighted by Crippen LogP contribution is 2.36. The maximum atomic E-state index is 12.6. The van der Waals surface area contributed by atoms with Gasteiger partial charge < -0.3 is 4.52 Å². The van der Waals surface area contributed by atoms with Gasteiger partial charge in [-0.2, -0.15) is 0 Å². The maximum Gasteiger partial charge on any atom is 0.291 e. The van der Waals surface area contributed by atoms with Crippen LogP contribution < -0.4 is 10.9 Å². The molecule has 7 nitrogen and oxygen atoms in total. The third-order valence-electron chi connectivity index (χ3n) is 4.97. The van der Waals surface area contributed by atoms with E-state index < -0.39 is 5.91 Å². The first-order chi connectivity index (χ1) is 12.7. The topological polar surface area (TPSA) is 87.5 Å². The van der Waals surface area contributed by atoms with Crippen LogP contribution in [-0.4, -0.2) is 41.0 Å². The number of hydrazine groups is 1. The monoisotopic (exact) mass is 354 g/mol. The minimum absolute atomic E-state index is 0.133. The summed E-state index contributed by atoms with van der Waals surface area (Å²) in [5.41, 5.74) is 6.00. The molecule has 1 unspecified atom stereocenters. The zero-order valence-electron chi connectivity index (χ0n) is 14.5. The number of amides is 2. The number of rotatable bonds is 5. The average molecular weight is 354 g/mol. The van der Waals surface area contributed by atoms with Crippen molar-refractivity contribution in [1.29, 1.82) is 0 Å². The highest BCUT2D eigenvalue weighted by atomic mass is 16.5. The zero-order valence-corrected chi connectivity index (χ0v) is 14.5. The van der Waals surface area contributed by atoms with E-state index in [-0.39, 0.29) is 17.6 Å². The fourth-order valence-corrected chi connectivity index (χ4v) is 3.49. The van der Waals surface area contributed by atoms with Crippen LogP contribution in [0.4, 0.5) is 0 Å². The minimum Gasteiger partial charge on any atom is -0.355 e. The van der Waals surface area contributed by atoms with Gasteiger partial charge in [0.05, 0.1) is 6.04 Å². The first kappa shape index (κ1) is 16.8. The first-order valence-electron chi connectivity index (χ1n) is 9.09. The fourth-order valence-electron chi connectivity index (χ4n) is 3.49. The molecule has 2 N–H and O–H groups in total. The Hall–Kier alpha value is -2.67. The Bertz CT molecular complexity index is 779. The zero-order chi connectivity index (χ0) is 17.9. The Balaban J connectivity index is 1.36. The standard InChI is InChI=1S/C19H22N4O3/c24-18(15-12-16(26-22-15)13-6-2-1-3-7-13)20-21-19(25)17(14-8-9-14)23-10-4-5-11-23/h1-3,6-7,12,14,17H,4-5,8-11H2,(H,20,24)(H,21,25). The lowest BCUT2D eigenvalue weighted by atomic mass is 10.1. The van der Waals surface area contributed by atoms with Gasteiger partial charge in [0, 0.05) is 11.6 Å². The van der Waals surface area contributed by atoms with Gasteiger partial charge in [-0.15, -0.1) is 0 Å². The number of nitrogens with zero attached hydrogens (tertiary/aromatic N) is 2. The van der Waals surface area contributed by atoms with Gasteiger partial charge >= 0.3 is 0 Å². The molecule has 1 aromatic heterocycles. The number of nitrogens with one attached hydrogen (secondary N) is 2. The lowest BCUT2D eigenvalue weighted by molar-refractivity contribution is -0.127. The van der Waals surface area contributed by atoms with Crippen LogP contribution >= 0.6 is 0 Å². The van der Waals surface area contributed by atoms with Crippen LogP contribution in [0.5, 0.6) is 0 Å². The van der Waals surface area contributed by atoms with Crippen molar-refractivity contribution in [1.82, 2.24) is 20.9 Å². The number of carbonyl (C=O) groups excluding carboxylic acids is 2. The molecule has 1 aliphatic heterocycles. The van der Waals surface area contributed by atoms with Gasteiger partial charge in [0.2, 0.25) is 0 Å². The summed E-state index contributed by atoms with van der Waals surface area (Å²) in [6.07, 6.45) is 4.41. The number of carbonyl (C=O) groups is 2. The van der Waals surface area contributed by atoms with Gasteiger partial charge in [0.25, 0.3) is 11.8 Å². The van der Waals surface area contributed by atoms with Gasteiger partial charge in [-0.05, 0) is 44.7 Å². The molecule has 0 bridgehead atoms. The normalized spacial score (nSPS) is 18.5. The highest BCUT2D eigenvalue weighted by molar-refractivity contribution is 5.95. The summed E-state index contributed by atoms with van der Waals surface area (Å²) < 4.78 is 5.22. The van der Waals surface area contributed by atoms with Crippen molar-refractivity contribution in [3.8, 4) is 11.3 Å². The Labute approximate surface area is 151 Å². The van der Waals surface area contributed by atoms with E-state index in [4.69, 9.17) is 4.52 Å². The van der Waals surface area contributed by atoms with Crippen molar-refractivity contribution in [3.63, 3.8) is 0 Å². The maximum absolute atomic E-state index is 12.6. The summed E-state index contributed by atoms with van der Waals surface area (Å²) in [6.45, 7) is 1.90. The van der Waals surface area contributed by atoms with Crippen LogP contribution in [0.25, 0.3) is 11.3 Å². The molecule has 2 aromatic rings. The van der Waals surface area contributed by atoms with Crippen molar-refractivity contribution < 1.29 is 14.1 Å². The van der Waals surface area contributed by atoms with Gasteiger partial charge in [-0.3, -0.25) is 25.3 Å². The van der Waals surface area contributed by atoms with E-state index in [9.17, 15) is 9.59 Å². The van der Waals surface area contributed by atoms with Gasteiger partial charge in [0.15, 0.2) is 11.5 Å². The van der Waals surface area contributed by atoms with E-state index in [1.165, 1.54) is 0 Å². The Morgan fingerprint density at radius 1 is 1.12 bits per heavy atom. The quantitative estimate of drug-likeness (QED) is 0.802. The molecule has 2 amide bonds. The van der Waals surface area contributed by atoms with E-state index in [1.54, 1.807) is 6.07 Å².